The van der Waals surface area contributed by atoms with Crippen LogP contribution in [0.4, 0.5) is 0 Å². The molecule has 2 aromatic carbocycles. The molecule has 3 aromatic heterocycles. The Morgan fingerprint density at radius 1 is 1.00 bits per heavy atom. The van der Waals surface area contributed by atoms with Crippen molar-refractivity contribution in [3.8, 4) is 6.07 Å². The standard InChI is InChI=1S/C37H43N9O3/c1-23(2)18-31-36-40-25(4)43-46(36)17-16-44(35(48)22-45-24(3)29(20-38)28-11-6-8-13-33(28)45)15-9-14-34(47)41-32(37(49)42-31)19-26-21-39-30-12-7-5-10-27(26)30/h5-8,10-13,21,23,31-32,39H,9,14-19,22H2,1-4H3,(H,41,47)(H,42,49)/t31-,32+/m0/s1. The van der Waals surface area contributed by atoms with Crippen LogP contribution in [0, 0.1) is 31.1 Å². The summed E-state index contributed by atoms with van der Waals surface area (Å²) in [5, 5.41) is 22.5. The SMILES string of the molecule is Cc1nc2n(n1)CCN(C(=O)Cn1c(C)c(C#N)c3ccccc31)CCCC(=O)N[C@H](Cc1c[nH]c3ccccc13)C(=O)N[C@H]2CC(C)C. The van der Waals surface area contributed by atoms with Crippen molar-refractivity contribution in [2.45, 2.75) is 78.6 Å². The Bertz CT molecular complexity index is 2050. The Balaban J connectivity index is 1.30. The van der Waals surface area contributed by atoms with E-state index in [9.17, 15) is 19.6 Å². The maximum atomic E-state index is 14.0. The highest BCUT2D eigenvalue weighted by molar-refractivity contribution is 5.91. The summed E-state index contributed by atoms with van der Waals surface area (Å²) in [4.78, 5) is 51.2. The number of carbonyl (C=O) groups is 3. The number of rotatable bonds is 6. The van der Waals surface area contributed by atoms with E-state index in [1.165, 1.54) is 0 Å². The number of amides is 3. The molecule has 5 aromatic rings. The minimum absolute atomic E-state index is 0.0577. The van der Waals surface area contributed by atoms with Crippen molar-refractivity contribution in [1.29, 1.82) is 5.26 Å². The number of aromatic amines is 1. The predicted octanol–water partition coefficient (Wildman–Crippen LogP) is 4.46. The minimum Gasteiger partial charge on any atom is -0.361 e. The summed E-state index contributed by atoms with van der Waals surface area (Å²) < 4.78 is 3.69. The van der Waals surface area contributed by atoms with Crippen molar-refractivity contribution < 1.29 is 14.4 Å². The molecule has 12 heteroatoms. The van der Waals surface area contributed by atoms with Crippen LogP contribution in [0.15, 0.2) is 54.7 Å². The van der Waals surface area contributed by atoms with Crippen LogP contribution in [0.5, 0.6) is 0 Å². The van der Waals surface area contributed by atoms with Gasteiger partial charge in [-0.3, -0.25) is 14.4 Å². The van der Waals surface area contributed by atoms with Crippen molar-refractivity contribution >= 4 is 39.5 Å². The lowest BCUT2D eigenvalue weighted by Crippen LogP contribution is -2.49. The van der Waals surface area contributed by atoms with Crippen molar-refractivity contribution in [3.05, 3.63) is 83.2 Å². The van der Waals surface area contributed by atoms with Crippen LogP contribution >= 0.6 is 0 Å². The van der Waals surface area contributed by atoms with E-state index >= 15 is 0 Å². The Morgan fingerprint density at radius 3 is 2.53 bits per heavy atom. The average Bonchev–Trinajstić information content (AvgIpc) is 3.74. The molecule has 0 saturated carbocycles. The zero-order chi connectivity index (χ0) is 34.7. The highest BCUT2D eigenvalue weighted by Crippen LogP contribution is 2.26. The van der Waals surface area contributed by atoms with E-state index in [1.807, 2.05) is 73.1 Å². The summed E-state index contributed by atoms with van der Waals surface area (Å²) in [5.74, 6) is 0.761. The third-order valence-electron chi connectivity index (χ3n) is 9.29. The van der Waals surface area contributed by atoms with Gasteiger partial charge in [0.2, 0.25) is 17.7 Å². The summed E-state index contributed by atoms with van der Waals surface area (Å²) in [6, 6.07) is 16.5. The van der Waals surface area contributed by atoms with E-state index in [-0.39, 0.29) is 36.6 Å². The number of H-pyrrole nitrogens is 1. The maximum Gasteiger partial charge on any atom is 0.243 e. The van der Waals surface area contributed by atoms with E-state index in [4.69, 9.17) is 4.98 Å². The fourth-order valence-electron chi connectivity index (χ4n) is 6.88. The van der Waals surface area contributed by atoms with Gasteiger partial charge in [0, 0.05) is 54.1 Å². The average molecular weight is 662 g/mol. The van der Waals surface area contributed by atoms with Crippen molar-refractivity contribution in [3.63, 3.8) is 0 Å². The number of benzene rings is 2. The second-order valence-electron chi connectivity index (χ2n) is 13.3. The van der Waals surface area contributed by atoms with Gasteiger partial charge in [-0.25, -0.2) is 9.67 Å². The molecular formula is C37H43N9O3. The van der Waals surface area contributed by atoms with Crippen molar-refractivity contribution in [2.75, 3.05) is 13.1 Å². The van der Waals surface area contributed by atoms with E-state index in [0.29, 0.717) is 56.1 Å². The smallest absolute Gasteiger partial charge is 0.243 e. The van der Waals surface area contributed by atoms with Crippen molar-refractivity contribution in [1.82, 2.24) is 39.8 Å². The molecule has 0 spiro atoms. The topological polar surface area (TPSA) is 154 Å². The van der Waals surface area contributed by atoms with E-state index in [0.717, 1.165) is 33.1 Å². The first-order chi connectivity index (χ1) is 23.6. The number of nitrogens with one attached hydrogen (secondary N) is 3. The largest absolute Gasteiger partial charge is 0.361 e. The summed E-state index contributed by atoms with van der Waals surface area (Å²) in [6.45, 7) is 8.95. The number of para-hydroxylation sites is 2. The highest BCUT2D eigenvalue weighted by atomic mass is 16.2. The van der Waals surface area contributed by atoms with Gasteiger partial charge in [-0.05, 0) is 50.3 Å². The van der Waals surface area contributed by atoms with Gasteiger partial charge in [-0.1, -0.05) is 50.2 Å². The van der Waals surface area contributed by atoms with Gasteiger partial charge in [0.25, 0.3) is 0 Å². The number of hydrogen-bond acceptors (Lipinski definition) is 6. The zero-order valence-corrected chi connectivity index (χ0v) is 28.5. The first-order valence-corrected chi connectivity index (χ1v) is 16.9. The molecule has 6 rings (SSSR count). The molecule has 2 atom stereocenters. The molecule has 1 aliphatic rings. The van der Waals surface area contributed by atoms with Gasteiger partial charge in [0.1, 0.15) is 30.3 Å². The molecule has 4 heterocycles. The normalized spacial score (nSPS) is 17.8. The summed E-state index contributed by atoms with van der Waals surface area (Å²) in [5.41, 5.74) is 4.02. The molecule has 3 N–H and O–H groups in total. The zero-order valence-electron chi connectivity index (χ0n) is 28.5. The second kappa shape index (κ2) is 14.4. The third-order valence-corrected chi connectivity index (χ3v) is 9.29. The molecule has 1 aliphatic heterocycles. The number of carbonyl (C=O) groups excluding carboxylic acids is 3. The lowest BCUT2D eigenvalue weighted by Gasteiger charge is -2.27. The second-order valence-corrected chi connectivity index (χ2v) is 13.3. The minimum atomic E-state index is -0.821. The van der Waals surface area contributed by atoms with Crippen LogP contribution in [-0.2, 0) is 33.9 Å². The maximum absolute atomic E-state index is 14.0. The molecule has 254 valence electrons. The number of fused-ring (bicyclic) bond motifs is 3. The Morgan fingerprint density at radius 2 is 1.76 bits per heavy atom. The number of aryl methyl sites for hydroxylation is 1. The molecule has 12 nitrogen and oxygen atoms in total. The molecular weight excluding hydrogens is 618 g/mol. The highest BCUT2D eigenvalue weighted by Gasteiger charge is 2.29. The quantitative estimate of drug-likeness (QED) is 0.244. The summed E-state index contributed by atoms with van der Waals surface area (Å²) in [7, 11) is 0. The van der Waals surface area contributed by atoms with E-state index in [2.05, 4.69) is 40.6 Å². The van der Waals surface area contributed by atoms with Gasteiger partial charge < -0.3 is 25.1 Å². The van der Waals surface area contributed by atoms with Crippen LogP contribution < -0.4 is 10.6 Å². The van der Waals surface area contributed by atoms with Crippen molar-refractivity contribution in [2.24, 2.45) is 5.92 Å². The van der Waals surface area contributed by atoms with Crippen LogP contribution in [0.2, 0.25) is 0 Å². The van der Waals surface area contributed by atoms with Crippen LogP contribution in [0.25, 0.3) is 21.8 Å². The molecule has 0 bridgehead atoms. The number of nitriles is 1. The van der Waals surface area contributed by atoms with Gasteiger partial charge >= 0.3 is 0 Å². The van der Waals surface area contributed by atoms with Gasteiger partial charge in [-0.2, -0.15) is 10.4 Å². The van der Waals surface area contributed by atoms with Gasteiger partial charge in [-0.15, -0.1) is 0 Å². The van der Waals surface area contributed by atoms with Gasteiger partial charge in [0.05, 0.1) is 23.7 Å². The van der Waals surface area contributed by atoms with Gasteiger partial charge in [0.15, 0.2) is 0 Å². The third kappa shape index (κ3) is 7.21. The molecule has 3 amide bonds. The number of nitrogens with zero attached hydrogens (tertiary/aromatic N) is 6. The Hall–Kier alpha value is -5.44. The molecule has 0 unspecified atom stereocenters. The Labute approximate surface area is 285 Å². The van der Waals surface area contributed by atoms with E-state index < -0.39 is 12.1 Å². The Kier molecular flexibility index (Phi) is 9.80. The lowest BCUT2D eigenvalue weighted by atomic mass is 10.0. The molecule has 0 saturated heterocycles. The number of aromatic nitrogens is 5. The molecule has 0 fully saturated rings. The molecule has 0 aliphatic carbocycles. The van der Waals surface area contributed by atoms with Crippen LogP contribution in [-0.4, -0.2) is 66.1 Å². The summed E-state index contributed by atoms with van der Waals surface area (Å²) in [6.07, 6.45) is 3.37. The first-order valence-electron chi connectivity index (χ1n) is 16.9. The van der Waals surface area contributed by atoms with Crippen LogP contribution in [0.1, 0.15) is 67.6 Å². The lowest BCUT2D eigenvalue weighted by molar-refractivity contribution is -0.132. The summed E-state index contributed by atoms with van der Waals surface area (Å²) >= 11 is 0. The number of hydrogen-bond donors (Lipinski definition) is 3. The first kappa shape index (κ1) is 33.5. The molecule has 49 heavy (non-hydrogen) atoms. The fourth-order valence-corrected chi connectivity index (χ4v) is 6.88. The predicted molar refractivity (Wildman–Crippen MR) is 186 cm³/mol. The van der Waals surface area contributed by atoms with E-state index in [1.54, 1.807) is 9.58 Å². The monoisotopic (exact) mass is 661 g/mol. The fraction of sp³-hybridized carbons (Fsp3) is 0.405. The van der Waals surface area contributed by atoms with Crippen LogP contribution in [0.3, 0.4) is 0 Å². The molecule has 0 radical (unpaired) electrons.